The van der Waals surface area contributed by atoms with Crippen LogP contribution in [-0.2, 0) is 15.9 Å². The van der Waals surface area contributed by atoms with Crippen molar-refractivity contribution in [3.63, 3.8) is 0 Å². The monoisotopic (exact) mass is 334 g/mol. The molecule has 1 aromatic rings. The molecule has 0 aliphatic carbocycles. The van der Waals surface area contributed by atoms with Gasteiger partial charge in [0.2, 0.25) is 0 Å². The predicted molar refractivity (Wildman–Crippen MR) is 82.9 cm³/mol. The fraction of sp³-hybridized carbons (Fsp3) is 0.769. The summed E-state index contributed by atoms with van der Waals surface area (Å²) >= 11 is 5.85. The number of nitrogens with one attached hydrogen (secondary N) is 1. The smallest absolute Gasteiger partial charge is 0.262 e. The molecular weight excluding hydrogens is 312 g/mol. The Morgan fingerprint density at radius 1 is 1.43 bits per heavy atom. The SMILES string of the molecule is Cc1[nH]nc(S(=O)(=O)N(C)CC2CCN(C)CC2)c1CCl. The van der Waals surface area contributed by atoms with Crippen molar-refractivity contribution >= 4 is 21.6 Å². The van der Waals surface area contributed by atoms with Crippen LogP contribution in [0.25, 0.3) is 0 Å². The number of aromatic amines is 1. The molecule has 1 aromatic heterocycles. The second kappa shape index (κ2) is 6.64. The number of rotatable bonds is 5. The first-order valence-corrected chi connectivity index (χ1v) is 9.08. The van der Waals surface area contributed by atoms with Crippen LogP contribution in [0.15, 0.2) is 5.03 Å². The lowest BCUT2D eigenvalue weighted by Gasteiger charge is -2.31. The average Bonchev–Trinajstić information content (AvgIpc) is 2.82. The average molecular weight is 335 g/mol. The zero-order valence-electron chi connectivity index (χ0n) is 12.8. The van der Waals surface area contributed by atoms with E-state index in [9.17, 15) is 8.42 Å². The Balaban J connectivity index is 2.11. The van der Waals surface area contributed by atoms with Gasteiger partial charge in [0.25, 0.3) is 10.0 Å². The largest absolute Gasteiger partial charge is 0.306 e. The maximum atomic E-state index is 12.6. The fourth-order valence-corrected chi connectivity index (χ4v) is 4.46. The summed E-state index contributed by atoms with van der Waals surface area (Å²) in [7, 11) is 0.133. The molecule has 1 saturated heterocycles. The van der Waals surface area contributed by atoms with E-state index in [1.54, 1.807) is 14.0 Å². The van der Waals surface area contributed by atoms with Crippen LogP contribution in [0, 0.1) is 12.8 Å². The fourth-order valence-electron chi connectivity index (χ4n) is 2.65. The summed E-state index contributed by atoms with van der Waals surface area (Å²) in [5, 5.41) is 6.71. The van der Waals surface area contributed by atoms with Crippen molar-refractivity contribution in [2.24, 2.45) is 5.92 Å². The summed E-state index contributed by atoms with van der Waals surface area (Å²) < 4.78 is 26.7. The van der Waals surface area contributed by atoms with Gasteiger partial charge in [-0.25, -0.2) is 8.42 Å². The van der Waals surface area contributed by atoms with E-state index in [4.69, 9.17) is 11.6 Å². The number of sulfonamides is 1. The highest BCUT2D eigenvalue weighted by atomic mass is 35.5. The molecule has 120 valence electrons. The first-order valence-electron chi connectivity index (χ1n) is 7.11. The van der Waals surface area contributed by atoms with Crippen LogP contribution in [0.3, 0.4) is 0 Å². The molecule has 0 aromatic carbocycles. The topological polar surface area (TPSA) is 69.3 Å². The zero-order valence-corrected chi connectivity index (χ0v) is 14.3. The van der Waals surface area contributed by atoms with Crippen molar-refractivity contribution in [1.82, 2.24) is 19.4 Å². The van der Waals surface area contributed by atoms with Crippen LogP contribution in [-0.4, -0.2) is 61.5 Å². The van der Waals surface area contributed by atoms with Crippen molar-refractivity contribution in [3.8, 4) is 0 Å². The normalized spacial score (nSPS) is 18.5. The number of hydrogen-bond donors (Lipinski definition) is 1. The standard InChI is InChI=1S/C13H23ClN4O2S/c1-10-12(8-14)13(16-15-10)21(19,20)18(3)9-11-4-6-17(2)7-5-11/h11H,4-9H2,1-3H3,(H,15,16). The molecule has 0 bridgehead atoms. The summed E-state index contributed by atoms with van der Waals surface area (Å²) in [4.78, 5) is 2.27. The van der Waals surface area contributed by atoms with Crippen LogP contribution in [0.2, 0.25) is 0 Å². The first kappa shape index (κ1) is 16.7. The van der Waals surface area contributed by atoms with Gasteiger partial charge in [-0.2, -0.15) is 9.40 Å². The second-order valence-electron chi connectivity index (χ2n) is 5.80. The van der Waals surface area contributed by atoms with Gasteiger partial charge in [-0.05, 0) is 45.8 Å². The van der Waals surface area contributed by atoms with Gasteiger partial charge in [0.1, 0.15) is 0 Å². The number of aryl methyl sites for hydroxylation is 1. The molecule has 1 fully saturated rings. The number of hydrogen-bond acceptors (Lipinski definition) is 4. The number of H-pyrrole nitrogens is 1. The quantitative estimate of drug-likeness (QED) is 0.827. The Labute approximate surface area is 131 Å². The minimum absolute atomic E-state index is 0.0606. The molecule has 0 spiro atoms. The molecule has 0 atom stereocenters. The summed E-state index contributed by atoms with van der Waals surface area (Å²) in [6.45, 7) is 4.35. The van der Waals surface area contributed by atoms with Gasteiger partial charge in [-0.15, -0.1) is 11.6 Å². The molecule has 1 N–H and O–H groups in total. The third-order valence-corrected chi connectivity index (χ3v) is 6.24. The summed E-state index contributed by atoms with van der Waals surface area (Å²) in [5.74, 6) is 0.541. The number of aromatic nitrogens is 2. The minimum atomic E-state index is -3.58. The summed E-state index contributed by atoms with van der Waals surface area (Å²) in [5.41, 5.74) is 1.27. The Morgan fingerprint density at radius 3 is 2.62 bits per heavy atom. The van der Waals surface area contributed by atoms with Crippen molar-refractivity contribution in [1.29, 1.82) is 0 Å². The van der Waals surface area contributed by atoms with Gasteiger partial charge in [0, 0.05) is 24.8 Å². The lowest BCUT2D eigenvalue weighted by molar-refractivity contribution is 0.202. The Bertz CT molecular complexity index is 579. The molecule has 2 rings (SSSR count). The van der Waals surface area contributed by atoms with Crippen LogP contribution in [0.5, 0.6) is 0 Å². The molecule has 6 nitrogen and oxygen atoms in total. The van der Waals surface area contributed by atoms with E-state index in [1.807, 2.05) is 0 Å². The van der Waals surface area contributed by atoms with Crippen molar-refractivity contribution in [3.05, 3.63) is 11.3 Å². The van der Waals surface area contributed by atoms with Crippen LogP contribution in [0.4, 0.5) is 0 Å². The number of piperidine rings is 1. The van der Waals surface area contributed by atoms with E-state index < -0.39 is 10.0 Å². The number of nitrogens with zero attached hydrogens (tertiary/aromatic N) is 3. The third kappa shape index (κ3) is 3.59. The van der Waals surface area contributed by atoms with Gasteiger partial charge in [-0.3, -0.25) is 5.10 Å². The Morgan fingerprint density at radius 2 is 2.05 bits per heavy atom. The Kier molecular flexibility index (Phi) is 5.29. The summed E-state index contributed by atoms with van der Waals surface area (Å²) in [6, 6.07) is 0. The summed E-state index contributed by atoms with van der Waals surface area (Å²) in [6.07, 6.45) is 2.05. The highest BCUT2D eigenvalue weighted by Crippen LogP contribution is 2.24. The lowest BCUT2D eigenvalue weighted by atomic mass is 9.97. The number of likely N-dealkylation sites (tertiary alicyclic amines) is 1. The molecule has 0 saturated carbocycles. The van der Waals surface area contributed by atoms with Gasteiger partial charge < -0.3 is 4.90 Å². The van der Waals surface area contributed by atoms with E-state index in [2.05, 4.69) is 22.1 Å². The molecule has 1 aliphatic rings. The van der Waals surface area contributed by atoms with Crippen LogP contribution >= 0.6 is 11.6 Å². The lowest BCUT2D eigenvalue weighted by Crippen LogP contribution is -2.38. The molecular formula is C13H23ClN4O2S. The highest BCUT2D eigenvalue weighted by molar-refractivity contribution is 7.89. The van der Waals surface area contributed by atoms with Crippen molar-refractivity contribution < 1.29 is 8.42 Å². The van der Waals surface area contributed by atoms with E-state index in [-0.39, 0.29) is 10.9 Å². The molecule has 0 unspecified atom stereocenters. The predicted octanol–water partition coefficient (Wildman–Crippen LogP) is 1.42. The van der Waals surface area contributed by atoms with E-state index in [1.165, 1.54) is 4.31 Å². The van der Waals surface area contributed by atoms with E-state index >= 15 is 0 Å². The highest BCUT2D eigenvalue weighted by Gasteiger charge is 2.30. The minimum Gasteiger partial charge on any atom is -0.306 e. The molecule has 8 heteroatoms. The number of halogens is 1. The van der Waals surface area contributed by atoms with Crippen LogP contribution < -0.4 is 0 Å². The molecule has 0 amide bonds. The van der Waals surface area contributed by atoms with E-state index in [0.717, 1.165) is 25.9 Å². The van der Waals surface area contributed by atoms with Crippen molar-refractivity contribution in [2.75, 3.05) is 33.7 Å². The maximum absolute atomic E-state index is 12.6. The zero-order chi connectivity index (χ0) is 15.6. The maximum Gasteiger partial charge on any atom is 0.262 e. The second-order valence-corrected chi connectivity index (χ2v) is 8.03. The molecule has 1 aliphatic heterocycles. The van der Waals surface area contributed by atoms with Crippen molar-refractivity contribution in [2.45, 2.75) is 30.7 Å². The molecule has 0 radical (unpaired) electrons. The van der Waals surface area contributed by atoms with Gasteiger partial charge >= 0.3 is 0 Å². The third-order valence-electron chi connectivity index (χ3n) is 4.18. The molecule has 21 heavy (non-hydrogen) atoms. The Hall–Kier alpha value is -0.630. The van der Waals surface area contributed by atoms with E-state index in [0.29, 0.717) is 23.7 Å². The first-order chi connectivity index (χ1) is 9.86. The van der Waals surface area contributed by atoms with Gasteiger partial charge in [-0.1, -0.05) is 0 Å². The van der Waals surface area contributed by atoms with Crippen LogP contribution in [0.1, 0.15) is 24.1 Å². The van der Waals surface area contributed by atoms with Gasteiger partial charge in [0.15, 0.2) is 5.03 Å². The van der Waals surface area contributed by atoms with Gasteiger partial charge in [0.05, 0.1) is 5.88 Å². The molecule has 2 heterocycles. The number of alkyl halides is 1.